The van der Waals surface area contributed by atoms with Gasteiger partial charge in [0.2, 0.25) is 0 Å². The highest BCUT2D eigenvalue weighted by Crippen LogP contribution is 2.31. The minimum absolute atomic E-state index is 0.0963. The van der Waals surface area contributed by atoms with Gasteiger partial charge in [-0.2, -0.15) is 0 Å². The molecule has 2 rings (SSSR count). The average molecular weight is 292 g/mol. The molecule has 0 saturated carbocycles. The van der Waals surface area contributed by atoms with Gasteiger partial charge in [0.25, 0.3) is 0 Å². The van der Waals surface area contributed by atoms with Crippen LogP contribution in [0.1, 0.15) is 16.7 Å². The van der Waals surface area contributed by atoms with Crippen LogP contribution in [-0.2, 0) is 13.2 Å². The Hall–Kier alpha value is -1.71. The molecule has 0 aliphatic rings. The number of halogens is 1. The van der Waals surface area contributed by atoms with Crippen molar-refractivity contribution in [1.29, 1.82) is 0 Å². The monoisotopic (exact) mass is 291 g/mol. The Bertz CT molecular complexity index is 599. The Labute approximate surface area is 124 Å². The fourth-order valence-electron chi connectivity index (χ4n) is 2.04. The number of aryl methyl sites for hydroxylation is 1. The summed E-state index contributed by atoms with van der Waals surface area (Å²) >= 11 is 6.21. The molecule has 0 aliphatic heterocycles. The summed E-state index contributed by atoms with van der Waals surface area (Å²) in [4.78, 5) is 0. The molecule has 0 aromatic heterocycles. The van der Waals surface area contributed by atoms with Gasteiger partial charge in [-0.25, -0.2) is 0 Å². The second-order valence-electron chi connectivity index (χ2n) is 4.58. The molecule has 0 heterocycles. The van der Waals surface area contributed by atoms with Crippen molar-refractivity contribution < 1.29 is 9.84 Å². The van der Waals surface area contributed by atoms with Crippen molar-refractivity contribution in [3.63, 3.8) is 0 Å². The van der Waals surface area contributed by atoms with Gasteiger partial charge < -0.3 is 15.2 Å². The zero-order valence-corrected chi connectivity index (χ0v) is 12.4. The first-order valence-electron chi connectivity index (χ1n) is 6.41. The summed E-state index contributed by atoms with van der Waals surface area (Å²) in [6.45, 7) is 2.67. The molecule has 3 nitrogen and oxygen atoms in total. The van der Waals surface area contributed by atoms with E-state index < -0.39 is 0 Å². The Kier molecular flexibility index (Phi) is 4.88. The molecule has 0 amide bonds. The minimum Gasteiger partial charge on any atom is -0.496 e. The molecule has 2 aromatic carbocycles. The van der Waals surface area contributed by atoms with Gasteiger partial charge in [0, 0.05) is 18.2 Å². The molecule has 0 spiro atoms. The van der Waals surface area contributed by atoms with E-state index in [9.17, 15) is 5.11 Å². The molecule has 2 N–H and O–H groups in total. The van der Waals surface area contributed by atoms with Crippen molar-refractivity contribution >= 4 is 17.3 Å². The molecule has 0 bridgehead atoms. The highest BCUT2D eigenvalue weighted by Gasteiger charge is 2.09. The maximum atomic E-state index is 9.25. The molecule has 0 saturated heterocycles. The quantitative estimate of drug-likeness (QED) is 0.881. The van der Waals surface area contributed by atoms with E-state index in [0.717, 1.165) is 5.69 Å². The number of ether oxygens (including phenoxy) is 1. The summed E-state index contributed by atoms with van der Waals surface area (Å²) in [5.74, 6) is 0.629. The van der Waals surface area contributed by atoms with E-state index in [0.29, 0.717) is 22.9 Å². The van der Waals surface area contributed by atoms with E-state index in [4.69, 9.17) is 16.3 Å². The molecule has 0 radical (unpaired) electrons. The van der Waals surface area contributed by atoms with Crippen molar-refractivity contribution in [1.82, 2.24) is 0 Å². The summed E-state index contributed by atoms with van der Waals surface area (Å²) in [7, 11) is 1.58. The zero-order valence-electron chi connectivity index (χ0n) is 11.6. The van der Waals surface area contributed by atoms with Gasteiger partial charge in [-0.1, -0.05) is 35.9 Å². The summed E-state index contributed by atoms with van der Waals surface area (Å²) < 4.78 is 5.25. The van der Waals surface area contributed by atoms with Crippen LogP contribution < -0.4 is 10.1 Å². The van der Waals surface area contributed by atoms with Gasteiger partial charge in [0.05, 0.1) is 24.4 Å². The molecular formula is C16H18ClNO2. The first kappa shape index (κ1) is 14.7. The van der Waals surface area contributed by atoms with E-state index in [1.54, 1.807) is 13.2 Å². The van der Waals surface area contributed by atoms with Gasteiger partial charge in [-0.05, 0) is 24.1 Å². The van der Waals surface area contributed by atoms with Crippen LogP contribution in [-0.4, -0.2) is 12.2 Å². The van der Waals surface area contributed by atoms with Crippen LogP contribution in [0.2, 0.25) is 5.02 Å². The fraction of sp³-hybridized carbons (Fsp3) is 0.250. The third-order valence-corrected chi connectivity index (χ3v) is 3.58. The third-order valence-electron chi connectivity index (χ3n) is 3.27. The van der Waals surface area contributed by atoms with E-state index in [1.807, 2.05) is 18.2 Å². The van der Waals surface area contributed by atoms with E-state index in [-0.39, 0.29) is 6.61 Å². The largest absolute Gasteiger partial charge is 0.496 e. The summed E-state index contributed by atoms with van der Waals surface area (Å²) in [6, 6.07) is 11.7. The highest BCUT2D eigenvalue weighted by molar-refractivity contribution is 6.33. The first-order valence-corrected chi connectivity index (χ1v) is 6.79. The molecule has 0 atom stereocenters. The van der Waals surface area contributed by atoms with Gasteiger partial charge in [0.15, 0.2) is 0 Å². The molecule has 4 heteroatoms. The smallest absolute Gasteiger partial charge is 0.126 e. The van der Waals surface area contributed by atoms with Gasteiger partial charge >= 0.3 is 0 Å². The van der Waals surface area contributed by atoms with E-state index >= 15 is 0 Å². The van der Waals surface area contributed by atoms with Crippen LogP contribution in [0.25, 0.3) is 0 Å². The predicted octanol–water partition coefficient (Wildman–Crippen LogP) is 3.76. The maximum Gasteiger partial charge on any atom is 0.126 e. The number of methoxy groups -OCH3 is 1. The van der Waals surface area contributed by atoms with Crippen LogP contribution in [0.3, 0.4) is 0 Å². The number of aliphatic hydroxyl groups is 1. The maximum absolute atomic E-state index is 9.25. The van der Waals surface area contributed by atoms with Gasteiger partial charge in [-0.15, -0.1) is 0 Å². The number of benzene rings is 2. The predicted molar refractivity (Wildman–Crippen MR) is 82.4 cm³/mol. The molecule has 0 fully saturated rings. The van der Waals surface area contributed by atoms with Crippen LogP contribution in [0.5, 0.6) is 5.75 Å². The molecule has 20 heavy (non-hydrogen) atoms. The number of anilines is 1. The Morgan fingerprint density at radius 2 is 1.95 bits per heavy atom. The van der Waals surface area contributed by atoms with Gasteiger partial charge in [-0.3, -0.25) is 0 Å². The van der Waals surface area contributed by atoms with Crippen LogP contribution in [0.15, 0.2) is 36.4 Å². The molecule has 0 aliphatic carbocycles. The molecule has 0 unspecified atom stereocenters. The summed E-state index contributed by atoms with van der Waals surface area (Å²) in [6.07, 6.45) is 0. The lowest BCUT2D eigenvalue weighted by Crippen LogP contribution is -2.03. The van der Waals surface area contributed by atoms with Crippen molar-refractivity contribution in [2.75, 3.05) is 12.4 Å². The lowest BCUT2D eigenvalue weighted by atomic mass is 10.1. The normalized spacial score (nSPS) is 10.4. The van der Waals surface area contributed by atoms with Crippen LogP contribution >= 0.6 is 11.6 Å². The number of rotatable bonds is 5. The van der Waals surface area contributed by atoms with Crippen molar-refractivity contribution in [3.05, 3.63) is 58.1 Å². The average Bonchev–Trinajstić information content (AvgIpc) is 2.47. The lowest BCUT2D eigenvalue weighted by Gasteiger charge is -2.14. The summed E-state index contributed by atoms with van der Waals surface area (Å²) in [5, 5.41) is 13.1. The summed E-state index contributed by atoms with van der Waals surface area (Å²) in [5.41, 5.74) is 3.92. The molecular weight excluding hydrogens is 274 g/mol. The van der Waals surface area contributed by atoms with Crippen molar-refractivity contribution in [2.24, 2.45) is 0 Å². The highest BCUT2D eigenvalue weighted by atomic mass is 35.5. The lowest BCUT2D eigenvalue weighted by molar-refractivity contribution is 0.274. The van der Waals surface area contributed by atoms with Crippen molar-refractivity contribution in [3.8, 4) is 5.75 Å². The van der Waals surface area contributed by atoms with Crippen LogP contribution in [0.4, 0.5) is 5.69 Å². The fourth-order valence-corrected chi connectivity index (χ4v) is 2.30. The number of nitrogens with one attached hydrogen (secondary N) is 1. The second kappa shape index (κ2) is 6.64. The SMILES string of the molecule is COc1cc(NCc2ccccc2C)c(Cl)cc1CO. The first-order chi connectivity index (χ1) is 9.65. The molecule has 2 aromatic rings. The standard InChI is InChI=1S/C16H18ClNO2/c1-11-5-3-4-6-12(11)9-18-15-8-16(20-2)13(10-19)7-14(15)17/h3-8,18-19H,9-10H2,1-2H3. The zero-order chi connectivity index (χ0) is 14.5. The Balaban J connectivity index is 2.19. The second-order valence-corrected chi connectivity index (χ2v) is 4.99. The Morgan fingerprint density at radius 1 is 1.20 bits per heavy atom. The van der Waals surface area contributed by atoms with Gasteiger partial charge in [0.1, 0.15) is 5.75 Å². The third kappa shape index (κ3) is 3.24. The topological polar surface area (TPSA) is 41.5 Å². The van der Waals surface area contributed by atoms with E-state index in [2.05, 4.69) is 24.4 Å². The van der Waals surface area contributed by atoms with Crippen LogP contribution in [0, 0.1) is 6.92 Å². The number of aliphatic hydroxyl groups excluding tert-OH is 1. The Morgan fingerprint density at radius 3 is 2.60 bits per heavy atom. The minimum atomic E-state index is -0.0963. The molecule has 106 valence electrons. The van der Waals surface area contributed by atoms with E-state index in [1.165, 1.54) is 11.1 Å². The number of hydrogen-bond donors (Lipinski definition) is 2. The number of hydrogen-bond acceptors (Lipinski definition) is 3. The van der Waals surface area contributed by atoms with Crippen molar-refractivity contribution in [2.45, 2.75) is 20.1 Å².